The minimum absolute atomic E-state index is 0.361. The van der Waals surface area contributed by atoms with Gasteiger partial charge in [0.1, 0.15) is 17.2 Å². The van der Waals surface area contributed by atoms with E-state index in [4.69, 9.17) is 4.74 Å². The lowest BCUT2D eigenvalue weighted by molar-refractivity contribution is -0.117. The van der Waals surface area contributed by atoms with E-state index in [0.29, 0.717) is 11.4 Å². The number of carbonyl (C=O) groups is 2. The van der Waals surface area contributed by atoms with Crippen LogP contribution in [0.4, 0.5) is 0 Å². The number of hydrazine groups is 1. The van der Waals surface area contributed by atoms with Gasteiger partial charge in [0.25, 0.3) is 11.8 Å². The SMILES string of the molecule is O=C(/C=C/c1cccc(Oc2ccccc2)c1)NNC(=O)c1ccc[nH]1. The fourth-order valence-corrected chi connectivity index (χ4v) is 2.18. The predicted molar refractivity (Wildman–Crippen MR) is 98.4 cm³/mol. The van der Waals surface area contributed by atoms with Crippen molar-refractivity contribution in [1.82, 2.24) is 15.8 Å². The average Bonchev–Trinajstić information content (AvgIpc) is 3.20. The highest BCUT2D eigenvalue weighted by molar-refractivity contribution is 5.96. The van der Waals surface area contributed by atoms with Crippen molar-refractivity contribution in [2.75, 3.05) is 0 Å². The van der Waals surface area contributed by atoms with E-state index < -0.39 is 11.8 Å². The Morgan fingerprint density at radius 1 is 0.885 bits per heavy atom. The number of hydrogen-bond donors (Lipinski definition) is 3. The Bertz CT molecular complexity index is 903. The Morgan fingerprint density at radius 2 is 1.69 bits per heavy atom. The van der Waals surface area contributed by atoms with Crippen LogP contribution >= 0.6 is 0 Å². The van der Waals surface area contributed by atoms with Crippen LogP contribution in [0, 0.1) is 0 Å². The van der Waals surface area contributed by atoms with E-state index in [-0.39, 0.29) is 0 Å². The maximum Gasteiger partial charge on any atom is 0.286 e. The van der Waals surface area contributed by atoms with Crippen molar-refractivity contribution in [3.8, 4) is 11.5 Å². The lowest BCUT2D eigenvalue weighted by atomic mass is 10.2. The number of benzene rings is 2. The molecule has 0 atom stereocenters. The first-order chi connectivity index (χ1) is 12.7. The van der Waals surface area contributed by atoms with Gasteiger partial charge in [0, 0.05) is 12.3 Å². The second-order valence-electron chi connectivity index (χ2n) is 5.35. The lowest BCUT2D eigenvalue weighted by Crippen LogP contribution is -2.40. The Hall–Kier alpha value is -3.80. The number of aromatic nitrogens is 1. The second kappa shape index (κ2) is 8.34. The van der Waals surface area contributed by atoms with Crippen molar-refractivity contribution in [3.63, 3.8) is 0 Å². The molecule has 130 valence electrons. The molecule has 6 nitrogen and oxygen atoms in total. The van der Waals surface area contributed by atoms with Crippen LogP contribution in [0.5, 0.6) is 11.5 Å². The standard InChI is InChI=1S/C20H17N3O3/c24-19(22-23-20(25)18-10-5-13-21-18)12-11-15-6-4-9-17(14-15)26-16-7-2-1-3-8-16/h1-14,21H,(H,22,24)(H,23,25)/b12-11+. The number of aromatic amines is 1. The van der Waals surface area contributed by atoms with E-state index >= 15 is 0 Å². The molecule has 3 aromatic rings. The third-order valence-corrected chi connectivity index (χ3v) is 3.41. The Balaban J connectivity index is 1.55. The van der Waals surface area contributed by atoms with Crippen LogP contribution in [0.3, 0.4) is 0 Å². The van der Waals surface area contributed by atoms with Crippen LogP contribution in [0.2, 0.25) is 0 Å². The molecule has 0 fully saturated rings. The first-order valence-corrected chi connectivity index (χ1v) is 7.95. The van der Waals surface area contributed by atoms with Gasteiger partial charge < -0.3 is 9.72 Å². The molecule has 2 amide bonds. The molecule has 0 spiro atoms. The Kier molecular flexibility index (Phi) is 5.47. The maximum atomic E-state index is 11.8. The fraction of sp³-hybridized carbons (Fsp3) is 0. The zero-order valence-electron chi connectivity index (χ0n) is 13.8. The van der Waals surface area contributed by atoms with E-state index in [2.05, 4.69) is 15.8 Å². The molecule has 0 aliphatic heterocycles. The van der Waals surface area contributed by atoms with Gasteiger partial charge in [-0.25, -0.2) is 0 Å². The Labute approximate surface area is 150 Å². The van der Waals surface area contributed by atoms with Gasteiger partial charge in [-0.15, -0.1) is 0 Å². The summed E-state index contributed by atoms with van der Waals surface area (Å²) in [5.41, 5.74) is 5.80. The summed E-state index contributed by atoms with van der Waals surface area (Å²) in [5, 5.41) is 0. The van der Waals surface area contributed by atoms with Crippen molar-refractivity contribution in [2.45, 2.75) is 0 Å². The second-order valence-corrected chi connectivity index (χ2v) is 5.35. The molecule has 2 aromatic carbocycles. The van der Waals surface area contributed by atoms with Gasteiger partial charge in [-0.05, 0) is 48.0 Å². The highest BCUT2D eigenvalue weighted by Gasteiger charge is 2.05. The van der Waals surface area contributed by atoms with Gasteiger partial charge in [0.2, 0.25) is 0 Å². The zero-order chi connectivity index (χ0) is 18.2. The van der Waals surface area contributed by atoms with E-state index in [1.807, 2.05) is 54.6 Å². The predicted octanol–water partition coefficient (Wildman–Crippen LogP) is 3.28. The third-order valence-electron chi connectivity index (χ3n) is 3.41. The van der Waals surface area contributed by atoms with Gasteiger partial charge in [-0.2, -0.15) is 0 Å². The van der Waals surface area contributed by atoms with Crippen LogP contribution in [-0.4, -0.2) is 16.8 Å². The van der Waals surface area contributed by atoms with Crippen molar-refractivity contribution < 1.29 is 14.3 Å². The van der Waals surface area contributed by atoms with Crippen LogP contribution in [0.15, 0.2) is 79.0 Å². The number of rotatable bonds is 5. The molecule has 1 heterocycles. The minimum atomic E-state index is -0.445. The third kappa shape index (κ3) is 4.85. The van der Waals surface area contributed by atoms with Gasteiger partial charge in [0.15, 0.2) is 0 Å². The number of nitrogens with one attached hydrogen (secondary N) is 3. The highest BCUT2D eigenvalue weighted by atomic mass is 16.5. The number of H-pyrrole nitrogens is 1. The van der Waals surface area contributed by atoms with Crippen LogP contribution in [-0.2, 0) is 4.79 Å². The van der Waals surface area contributed by atoms with Crippen LogP contribution < -0.4 is 15.6 Å². The molecule has 0 saturated carbocycles. The van der Waals surface area contributed by atoms with Crippen LogP contribution in [0.25, 0.3) is 6.08 Å². The van der Waals surface area contributed by atoms with Crippen molar-refractivity contribution in [1.29, 1.82) is 0 Å². The molecule has 0 aliphatic rings. The summed E-state index contributed by atoms with van der Waals surface area (Å²) in [6.07, 6.45) is 4.59. The molecule has 3 rings (SSSR count). The maximum absolute atomic E-state index is 11.8. The number of carbonyl (C=O) groups excluding carboxylic acids is 2. The van der Waals surface area contributed by atoms with Crippen LogP contribution in [0.1, 0.15) is 16.1 Å². The van der Waals surface area contributed by atoms with Crippen molar-refractivity contribution in [3.05, 3.63) is 90.3 Å². The number of ether oxygens (including phenoxy) is 1. The number of amides is 2. The number of hydrogen-bond acceptors (Lipinski definition) is 3. The van der Waals surface area contributed by atoms with Gasteiger partial charge in [-0.3, -0.25) is 20.4 Å². The molecule has 0 bridgehead atoms. The average molecular weight is 347 g/mol. The molecule has 0 unspecified atom stereocenters. The number of para-hydroxylation sites is 1. The molecule has 3 N–H and O–H groups in total. The first-order valence-electron chi connectivity index (χ1n) is 7.95. The van der Waals surface area contributed by atoms with E-state index in [1.165, 1.54) is 6.08 Å². The summed E-state index contributed by atoms with van der Waals surface area (Å²) in [6, 6.07) is 20.1. The smallest absolute Gasteiger partial charge is 0.286 e. The quantitative estimate of drug-likeness (QED) is 0.489. The molecule has 0 radical (unpaired) electrons. The summed E-state index contributed by atoms with van der Waals surface area (Å²) in [6.45, 7) is 0. The summed E-state index contributed by atoms with van der Waals surface area (Å²) in [7, 11) is 0. The molecular formula is C20H17N3O3. The Morgan fingerprint density at radius 3 is 2.46 bits per heavy atom. The molecule has 26 heavy (non-hydrogen) atoms. The van der Waals surface area contributed by atoms with Gasteiger partial charge >= 0.3 is 0 Å². The molecule has 1 aromatic heterocycles. The largest absolute Gasteiger partial charge is 0.457 e. The molecule has 6 heteroatoms. The van der Waals surface area contributed by atoms with E-state index in [1.54, 1.807) is 24.4 Å². The first kappa shape index (κ1) is 17.0. The highest BCUT2D eigenvalue weighted by Crippen LogP contribution is 2.22. The van der Waals surface area contributed by atoms with Crippen molar-refractivity contribution >= 4 is 17.9 Å². The normalized spacial score (nSPS) is 10.5. The van der Waals surface area contributed by atoms with Gasteiger partial charge in [-0.1, -0.05) is 30.3 Å². The summed E-state index contributed by atoms with van der Waals surface area (Å²) >= 11 is 0. The topological polar surface area (TPSA) is 83.2 Å². The zero-order valence-corrected chi connectivity index (χ0v) is 13.8. The van der Waals surface area contributed by atoms with E-state index in [0.717, 1.165) is 11.3 Å². The fourth-order valence-electron chi connectivity index (χ4n) is 2.18. The summed E-state index contributed by atoms with van der Waals surface area (Å²) in [4.78, 5) is 26.3. The molecular weight excluding hydrogens is 330 g/mol. The minimum Gasteiger partial charge on any atom is -0.457 e. The van der Waals surface area contributed by atoms with Gasteiger partial charge in [0.05, 0.1) is 0 Å². The van der Waals surface area contributed by atoms with E-state index in [9.17, 15) is 9.59 Å². The lowest BCUT2D eigenvalue weighted by Gasteiger charge is -2.06. The molecule has 0 saturated heterocycles. The molecule has 0 aliphatic carbocycles. The summed E-state index contributed by atoms with van der Waals surface area (Å²) < 4.78 is 5.75. The summed E-state index contributed by atoms with van der Waals surface area (Å²) in [5.74, 6) is 0.534. The monoisotopic (exact) mass is 347 g/mol. The van der Waals surface area contributed by atoms with Crippen molar-refractivity contribution in [2.24, 2.45) is 0 Å².